The van der Waals surface area contributed by atoms with Gasteiger partial charge in [0.25, 0.3) is 0 Å². The molecule has 198 valence electrons. The lowest BCUT2D eigenvalue weighted by molar-refractivity contribution is -0.274. The minimum atomic E-state index is -4.64. The fraction of sp³-hybridized carbons (Fsp3) is 0.633. The van der Waals surface area contributed by atoms with Crippen LogP contribution in [0, 0.1) is 29.1 Å². The summed E-state index contributed by atoms with van der Waals surface area (Å²) in [6.45, 7) is 0. The van der Waals surface area contributed by atoms with Gasteiger partial charge in [-0.25, -0.2) is 0 Å². The molecule has 0 aromatic heterocycles. The summed E-state index contributed by atoms with van der Waals surface area (Å²) >= 11 is 0. The summed E-state index contributed by atoms with van der Waals surface area (Å²) < 4.78 is 53.7. The summed E-state index contributed by atoms with van der Waals surface area (Å²) in [6, 6.07) is 7.90. The fourth-order valence-electron chi connectivity index (χ4n) is 6.02. The summed E-state index contributed by atoms with van der Waals surface area (Å²) in [5.74, 6) is 1.98. The Morgan fingerprint density at radius 2 is 1.39 bits per heavy atom. The van der Waals surface area contributed by atoms with Crippen LogP contribution in [0.3, 0.4) is 0 Å². The van der Waals surface area contributed by atoms with Gasteiger partial charge in [-0.1, -0.05) is 75.7 Å². The van der Waals surface area contributed by atoms with E-state index >= 15 is 0 Å². The van der Waals surface area contributed by atoms with Gasteiger partial charge in [-0.2, -0.15) is 9.65 Å². The van der Waals surface area contributed by atoms with Crippen LogP contribution in [0.4, 0.5) is 17.6 Å². The first kappa shape index (κ1) is 28.3. The molecule has 0 spiro atoms. The van der Waals surface area contributed by atoms with Crippen LogP contribution >= 0.6 is 0 Å². The van der Waals surface area contributed by atoms with Crippen LogP contribution < -0.4 is 4.74 Å². The zero-order valence-corrected chi connectivity index (χ0v) is 21.1. The topological polar surface area (TPSA) is 33.0 Å². The molecule has 2 aliphatic carbocycles. The quantitative estimate of drug-likeness (QED) is 0.130. The van der Waals surface area contributed by atoms with Crippen LogP contribution in [0.25, 0.3) is 0 Å². The minimum Gasteiger partial charge on any atom is -0.406 e. The molecule has 6 heteroatoms. The van der Waals surface area contributed by atoms with Crippen molar-refractivity contribution in [1.82, 2.24) is 0 Å². The average Bonchev–Trinajstić information content (AvgIpc) is 2.87. The van der Waals surface area contributed by atoms with Crippen LogP contribution in [0.1, 0.15) is 101 Å². The van der Waals surface area contributed by atoms with E-state index < -0.39 is 12.2 Å². The van der Waals surface area contributed by atoms with Crippen molar-refractivity contribution in [2.45, 2.75) is 102 Å². The van der Waals surface area contributed by atoms with E-state index in [-0.39, 0.29) is 5.75 Å². The number of unbranched alkanes of at least 4 members (excludes halogenated alkanes) is 1. The lowest BCUT2D eigenvalue weighted by Crippen LogP contribution is -2.17. The predicted molar refractivity (Wildman–Crippen MR) is 135 cm³/mol. The number of ether oxygens (including phenoxy) is 1. The van der Waals surface area contributed by atoms with Crippen molar-refractivity contribution >= 4 is 0 Å². The van der Waals surface area contributed by atoms with Gasteiger partial charge < -0.3 is 4.74 Å². The highest BCUT2D eigenvalue weighted by Crippen LogP contribution is 2.39. The smallest absolute Gasteiger partial charge is 0.406 e. The molecule has 0 saturated heterocycles. The van der Waals surface area contributed by atoms with Gasteiger partial charge in [0, 0.05) is 0 Å². The normalized spacial score (nSPS) is 25.6. The van der Waals surface area contributed by atoms with Crippen LogP contribution in [0.15, 0.2) is 48.3 Å². The van der Waals surface area contributed by atoms with Crippen molar-refractivity contribution in [3.8, 4) is 11.8 Å². The third kappa shape index (κ3) is 10.4. The lowest BCUT2D eigenvalue weighted by atomic mass is 9.76. The molecule has 0 radical (unpaired) electrons. The lowest BCUT2D eigenvalue weighted by Gasteiger charge is -2.30. The summed E-state index contributed by atoms with van der Waals surface area (Å²) in [7, 11) is 0. The third-order valence-electron chi connectivity index (χ3n) is 8.10. The van der Waals surface area contributed by atoms with Gasteiger partial charge in [0.05, 0.1) is 0 Å². The maximum Gasteiger partial charge on any atom is 0.573 e. The molecule has 0 atom stereocenters. The molecule has 0 bridgehead atoms. The monoisotopic (exact) mass is 505 g/mol. The van der Waals surface area contributed by atoms with Crippen molar-refractivity contribution in [3.05, 3.63) is 53.9 Å². The van der Waals surface area contributed by atoms with E-state index in [1.54, 1.807) is 18.2 Å². The van der Waals surface area contributed by atoms with E-state index in [2.05, 4.69) is 4.74 Å². The van der Waals surface area contributed by atoms with Gasteiger partial charge in [-0.3, -0.25) is 0 Å². The Morgan fingerprint density at radius 3 is 1.92 bits per heavy atom. The second-order valence-corrected chi connectivity index (χ2v) is 10.6. The van der Waals surface area contributed by atoms with E-state index in [1.165, 1.54) is 88.5 Å². The summed E-state index contributed by atoms with van der Waals surface area (Å²) in [4.78, 5) is 0. The SMILES string of the molecule is N#CC(F)=CC=CCC[C@H]1CC[C@H](CCCC[C@H]2CC[C@H](c3ccc(OC(F)(F)F)cc3)CC2)CC1. The highest BCUT2D eigenvalue weighted by Gasteiger charge is 2.31. The number of nitrogens with zero attached hydrogens (tertiary/aromatic N) is 1. The van der Waals surface area contributed by atoms with Crippen molar-refractivity contribution in [3.63, 3.8) is 0 Å². The number of hydrogen-bond acceptors (Lipinski definition) is 2. The molecule has 2 saturated carbocycles. The second-order valence-electron chi connectivity index (χ2n) is 10.6. The van der Waals surface area contributed by atoms with E-state index in [0.717, 1.165) is 49.0 Å². The number of allylic oxidation sites excluding steroid dienone is 4. The zero-order chi connectivity index (χ0) is 25.8. The number of halogens is 4. The number of alkyl halides is 3. The highest BCUT2D eigenvalue weighted by atomic mass is 19.4. The summed E-state index contributed by atoms with van der Waals surface area (Å²) in [5.41, 5.74) is 1.12. The first-order chi connectivity index (χ1) is 17.3. The predicted octanol–water partition coefficient (Wildman–Crippen LogP) is 9.94. The van der Waals surface area contributed by atoms with Crippen LogP contribution in [0.5, 0.6) is 5.75 Å². The van der Waals surface area contributed by atoms with Crippen molar-refractivity contribution in [2.75, 3.05) is 0 Å². The zero-order valence-electron chi connectivity index (χ0n) is 21.1. The maximum absolute atomic E-state index is 12.7. The number of nitriles is 1. The minimum absolute atomic E-state index is 0.149. The Kier molecular flexibility index (Phi) is 11.4. The van der Waals surface area contributed by atoms with Gasteiger partial charge in [-0.15, -0.1) is 13.2 Å². The molecule has 2 fully saturated rings. The van der Waals surface area contributed by atoms with Gasteiger partial charge in [0.2, 0.25) is 0 Å². The van der Waals surface area contributed by atoms with E-state index in [4.69, 9.17) is 5.26 Å². The van der Waals surface area contributed by atoms with E-state index in [9.17, 15) is 17.6 Å². The largest absolute Gasteiger partial charge is 0.573 e. The molecule has 2 aliphatic rings. The Morgan fingerprint density at radius 1 is 0.861 bits per heavy atom. The van der Waals surface area contributed by atoms with E-state index in [1.807, 2.05) is 6.08 Å². The molecule has 0 aliphatic heterocycles. The standard InChI is InChI=1S/C30H39F4NO/c31-28(22-35)9-3-1-2-6-23-10-12-24(13-11-23)7-4-5-8-25-14-16-26(17-15-25)27-18-20-29(21-19-27)36-30(32,33)34/h1,3,9,18-21,23-26H,2,4-8,10-17H2/t23-,24-,25-,26-. The Bertz CT molecular complexity index is 868. The van der Waals surface area contributed by atoms with Gasteiger partial charge >= 0.3 is 6.36 Å². The molecular weight excluding hydrogens is 466 g/mol. The second kappa shape index (κ2) is 14.4. The molecule has 0 amide bonds. The van der Waals surface area contributed by atoms with Crippen LogP contribution in [-0.4, -0.2) is 6.36 Å². The highest BCUT2D eigenvalue weighted by molar-refractivity contribution is 5.29. The number of hydrogen-bond donors (Lipinski definition) is 0. The molecule has 1 aromatic carbocycles. The van der Waals surface area contributed by atoms with Gasteiger partial charge in [0.15, 0.2) is 5.83 Å². The summed E-state index contributed by atoms with van der Waals surface area (Å²) in [6.07, 6.45) is 17.5. The fourth-order valence-corrected chi connectivity index (χ4v) is 6.02. The van der Waals surface area contributed by atoms with Crippen molar-refractivity contribution in [1.29, 1.82) is 5.26 Å². The van der Waals surface area contributed by atoms with Gasteiger partial charge in [0.1, 0.15) is 11.8 Å². The molecule has 1 aromatic rings. The molecular formula is C30H39F4NO. The molecule has 36 heavy (non-hydrogen) atoms. The van der Waals surface area contributed by atoms with E-state index in [0.29, 0.717) is 5.92 Å². The van der Waals surface area contributed by atoms with Crippen molar-refractivity contribution in [2.24, 2.45) is 17.8 Å². The molecule has 0 heterocycles. The van der Waals surface area contributed by atoms with Crippen LogP contribution in [-0.2, 0) is 0 Å². The average molecular weight is 506 g/mol. The number of benzene rings is 1. The number of rotatable bonds is 11. The molecule has 0 N–H and O–H groups in total. The Hall–Kier alpha value is -2.29. The Labute approximate surface area is 213 Å². The Balaban J connectivity index is 1.23. The maximum atomic E-state index is 12.7. The third-order valence-corrected chi connectivity index (χ3v) is 8.10. The first-order valence-electron chi connectivity index (χ1n) is 13.6. The van der Waals surface area contributed by atoms with Crippen molar-refractivity contribution < 1.29 is 22.3 Å². The van der Waals surface area contributed by atoms with Gasteiger partial charge in [-0.05, 0) is 86.0 Å². The van der Waals surface area contributed by atoms with Crippen LogP contribution in [0.2, 0.25) is 0 Å². The first-order valence-corrected chi connectivity index (χ1v) is 13.6. The molecule has 0 unspecified atom stereocenters. The molecule has 2 nitrogen and oxygen atoms in total. The summed E-state index contributed by atoms with van der Waals surface area (Å²) in [5, 5.41) is 8.39. The molecule has 3 rings (SSSR count).